The molecule has 0 aliphatic carbocycles. The van der Waals surface area contributed by atoms with Gasteiger partial charge in [0.05, 0.1) is 13.2 Å². The summed E-state index contributed by atoms with van der Waals surface area (Å²) >= 11 is 0. The molecule has 2 rings (SSSR count). The Morgan fingerprint density at radius 2 is 1.96 bits per heavy atom. The lowest BCUT2D eigenvalue weighted by molar-refractivity contribution is -0.0372. The minimum Gasteiger partial charge on any atom is -0.494 e. The topological polar surface area (TPSA) is 82.3 Å². The number of likely N-dealkylation sites (N-methyl/N-ethyl adjacent to an activating group) is 1. The third-order valence-corrected chi connectivity index (χ3v) is 4.27. The number of hydroxylamine groups is 2. The molecule has 0 aromatic heterocycles. The van der Waals surface area contributed by atoms with Crippen LogP contribution >= 0.6 is 0 Å². The zero-order chi connectivity index (χ0) is 18.8. The maximum Gasteiger partial charge on any atom is 0.338 e. The number of carbonyl (C=O) groups is 1. The molecule has 0 radical (unpaired) electrons. The third-order valence-electron chi connectivity index (χ3n) is 4.27. The normalized spacial score (nSPS) is 15.2. The first-order chi connectivity index (χ1) is 12.5. The van der Waals surface area contributed by atoms with E-state index in [0.29, 0.717) is 18.1 Å². The van der Waals surface area contributed by atoms with E-state index in [1.807, 2.05) is 24.3 Å². The molecule has 142 valence electrons. The summed E-state index contributed by atoms with van der Waals surface area (Å²) in [5, 5.41) is 9.58. The number of primary amides is 1. The average Bonchev–Trinajstić information content (AvgIpc) is 2.64. The van der Waals surface area contributed by atoms with Crippen LogP contribution in [0.15, 0.2) is 24.3 Å². The van der Waals surface area contributed by atoms with Crippen molar-refractivity contribution in [1.82, 2.24) is 14.9 Å². The van der Waals surface area contributed by atoms with E-state index >= 15 is 0 Å². The van der Waals surface area contributed by atoms with Gasteiger partial charge in [0, 0.05) is 44.7 Å². The van der Waals surface area contributed by atoms with Gasteiger partial charge in [-0.2, -0.15) is 0 Å². The largest absolute Gasteiger partial charge is 0.494 e. The first-order valence-corrected chi connectivity index (χ1v) is 8.93. The molecule has 26 heavy (non-hydrogen) atoms. The summed E-state index contributed by atoms with van der Waals surface area (Å²) in [6.45, 7) is 6.43. The highest BCUT2D eigenvalue weighted by molar-refractivity contribution is 5.70. The van der Waals surface area contributed by atoms with Gasteiger partial charge in [0.25, 0.3) is 0 Å². The van der Waals surface area contributed by atoms with E-state index in [4.69, 9.17) is 15.7 Å². The average molecular weight is 360 g/mol. The molecule has 0 bridgehead atoms. The van der Waals surface area contributed by atoms with Crippen molar-refractivity contribution in [2.45, 2.75) is 12.8 Å². The second-order valence-electron chi connectivity index (χ2n) is 6.38. The SMILES string of the molecule is CN1CCN(CCCOc2ccc(C#CCCN(O)C(N)=O)cc2)CC1. The minimum atomic E-state index is -0.874. The maximum absolute atomic E-state index is 10.6. The van der Waals surface area contributed by atoms with Gasteiger partial charge in [-0.1, -0.05) is 11.8 Å². The summed E-state index contributed by atoms with van der Waals surface area (Å²) < 4.78 is 5.78. The van der Waals surface area contributed by atoms with Gasteiger partial charge in [0.15, 0.2) is 0 Å². The number of nitrogens with zero attached hydrogens (tertiary/aromatic N) is 3. The molecule has 1 heterocycles. The predicted molar refractivity (Wildman–Crippen MR) is 100 cm³/mol. The monoisotopic (exact) mass is 360 g/mol. The molecule has 1 aromatic rings. The van der Waals surface area contributed by atoms with Crippen molar-refractivity contribution in [1.29, 1.82) is 0 Å². The Labute approximate surface area is 155 Å². The molecule has 2 amide bonds. The van der Waals surface area contributed by atoms with E-state index in [-0.39, 0.29) is 6.54 Å². The highest BCUT2D eigenvalue weighted by Crippen LogP contribution is 2.12. The molecule has 1 saturated heterocycles. The Bertz CT molecular complexity index is 616. The second kappa shape index (κ2) is 10.7. The first-order valence-electron chi connectivity index (χ1n) is 8.93. The van der Waals surface area contributed by atoms with Crippen LogP contribution in [0.4, 0.5) is 4.79 Å². The predicted octanol–water partition coefficient (Wildman–Crippen LogP) is 1.21. The molecule has 0 unspecified atom stereocenters. The molecule has 3 N–H and O–H groups in total. The highest BCUT2D eigenvalue weighted by atomic mass is 16.5. The molecule has 1 aliphatic rings. The summed E-state index contributed by atoms with van der Waals surface area (Å²) in [4.78, 5) is 15.5. The fourth-order valence-corrected chi connectivity index (χ4v) is 2.62. The summed E-state index contributed by atoms with van der Waals surface area (Å²) in [5.41, 5.74) is 5.77. The van der Waals surface area contributed by atoms with Crippen molar-refractivity contribution in [2.75, 3.05) is 52.9 Å². The van der Waals surface area contributed by atoms with Gasteiger partial charge >= 0.3 is 6.03 Å². The van der Waals surface area contributed by atoms with Crippen LogP contribution in [0.2, 0.25) is 0 Å². The third kappa shape index (κ3) is 7.31. The van der Waals surface area contributed by atoms with Crippen LogP contribution < -0.4 is 10.5 Å². The van der Waals surface area contributed by atoms with Crippen LogP contribution in [-0.4, -0.2) is 79.0 Å². The van der Waals surface area contributed by atoms with E-state index < -0.39 is 6.03 Å². The lowest BCUT2D eigenvalue weighted by atomic mass is 10.2. The lowest BCUT2D eigenvalue weighted by Gasteiger charge is -2.32. The Morgan fingerprint density at radius 1 is 1.27 bits per heavy atom. The van der Waals surface area contributed by atoms with Crippen molar-refractivity contribution in [3.05, 3.63) is 29.8 Å². The maximum atomic E-state index is 10.6. The molecule has 1 aromatic carbocycles. The zero-order valence-corrected chi connectivity index (χ0v) is 15.4. The molecule has 7 heteroatoms. The Balaban J connectivity index is 1.63. The van der Waals surface area contributed by atoms with Gasteiger partial charge in [0.2, 0.25) is 0 Å². The second-order valence-corrected chi connectivity index (χ2v) is 6.38. The molecule has 0 atom stereocenters. The standard InChI is InChI=1S/C19H28N4O3/c1-21-12-14-22(15-13-21)10-4-16-26-18-8-6-17(7-9-18)5-2-3-11-23(25)19(20)24/h6-9,25H,3-4,10-16H2,1H3,(H2,20,24). The fourth-order valence-electron chi connectivity index (χ4n) is 2.62. The molecule has 1 aliphatic heterocycles. The van der Waals surface area contributed by atoms with Gasteiger partial charge < -0.3 is 20.3 Å². The number of nitrogens with two attached hydrogens (primary N) is 1. The molecule has 1 fully saturated rings. The van der Waals surface area contributed by atoms with Crippen molar-refractivity contribution in [3.8, 4) is 17.6 Å². The first kappa shape index (κ1) is 20.0. The summed E-state index contributed by atoms with van der Waals surface area (Å²) in [7, 11) is 2.16. The van der Waals surface area contributed by atoms with Crippen LogP contribution in [0.25, 0.3) is 0 Å². The number of ether oxygens (including phenoxy) is 1. The molecule has 7 nitrogen and oxygen atoms in total. The molecular formula is C19H28N4O3. The smallest absolute Gasteiger partial charge is 0.338 e. The van der Waals surface area contributed by atoms with Gasteiger partial charge in [0.1, 0.15) is 5.75 Å². The van der Waals surface area contributed by atoms with E-state index in [0.717, 1.165) is 50.5 Å². The van der Waals surface area contributed by atoms with Crippen LogP contribution in [-0.2, 0) is 0 Å². The quantitative estimate of drug-likeness (QED) is 0.331. The van der Waals surface area contributed by atoms with Crippen LogP contribution in [0.5, 0.6) is 5.75 Å². The number of urea groups is 1. The van der Waals surface area contributed by atoms with Gasteiger partial charge in [-0.05, 0) is 37.7 Å². The van der Waals surface area contributed by atoms with E-state index in [1.54, 1.807) is 0 Å². The van der Waals surface area contributed by atoms with E-state index in [2.05, 4.69) is 28.7 Å². The number of hydrogen-bond donors (Lipinski definition) is 2. The Kier molecular flexibility index (Phi) is 8.22. The number of hydrogen-bond acceptors (Lipinski definition) is 5. The summed E-state index contributed by atoms with van der Waals surface area (Å²) in [5.74, 6) is 6.70. The van der Waals surface area contributed by atoms with Gasteiger partial charge in [-0.25, -0.2) is 9.86 Å². The number of carbonyl (C=O) groups excluding carboxylic acids is 1. The zero-order valence-electron chi connectivity index (χ0n) is 15.4. The van der Waals surface area contributed by atoms with Crippen molar-refractivity contribution >= 4 is 6.03 Å². The van der Waals surface area contributed by atoms with Crippen molar-refractivity contribution in [3.63, 3.8) is 0 Å². The Hall–Kier alpha value is -2.27. The number of piperazine rings is 1. The number of amides is 2. The van der Waals surface area contributed by atoms with E-state index in [1.165, 1.54) is 0 Å². The van der Waals surface area contributed by atoms with Crippen molar-refractivity contribution in [2.24, 2.45) is 5.73 Å². The Morgan fingerprint density at radius 3 is 2.62 bits per heavy atom. The van der Waals surface area contributed by atoms with Crippen LogP contribution in [0.1, 0.15) is 18.4 Å². The van der Waals surface area contributed by atoms with Crippen LogP contribution in [0.3, 0.4) is 0 Å². The van der Waals surface area contributed by atoms with E-state index in [9.17, 15) is 4.79 Å². The lowest BCUT2D eigenvalue weighted by Crippen LogP contribution is -2.44. The number of rotatable bonds is 7. The van der Waals surface area contributed by atoms with Crippen molar-refractivity contribution < 1.29 is 14.7 Å². The summed E-state index contributed by atoms with van der Waals surface area (Å²) in [6.07, 6.45) is 1.37. The number of benzene rings is 1. The van der Waals surface area contributed by atoms with Crippen LogP contribution in [0, 0.1) is 11.8 Å². The molecule has 0 saturated carbocycles. The minimum absolute atomic E-state index is 0.0941. The highest BCUT2D eigenvalue weighted by Gasteiger charge is 2.12. The van der Waals surface area contributed by atoms with Gasteiger partial charge in [-0.3, -0.25) is 5.21 Å². The molecule has 0 spiro atoms. The fraction of sp³-hybridized carbons (Fsp3) is 0.526. The summed E-state index contributed by atoms with van der Waals surface area (Å²) in [6, 6.07) is 6.73. The van der Waals surface area contributed by atoms with Gasteiger partial charge in [-0.15, -0.1) is 0 Å². The molecular weight excluding hydrogens is 332 g/mol.